The molecule has 0 radical (unpaired) electrons. The summed E-state index contributed by atoms with van der Waals surface area (Å²) in [7, 11) is 0. The summed E-state index contributed by atoms with van der Waals surface area (Å²) in [5.41, 5.74) is 0.789. The summed E-state index contributed by atoms with van der Waals surface area (Å²) in [6, 6.07) is 4.46. The number of aliphatic imine (C=N–C) groups is 1. The molecule has 0 saturated heterocycles. The van der Waals surface area contributed by atoms with Crippen molar-refractivity contribution in [1.29, 1.82) is 0 Å². The van der Waals surface area contributed by atoms with Gasteiger partial charge in [0.15, 0.2) is 5.76 Å². The van der Waals surface area contributed by atoms with Crippen LogP contribution in [0.4, 0.5) is 11.8 Å². The van der Waals surface area contributed by atoms with Crippen LogP contribution in [0, 0.1) is 17.0 Å². The third-order valence-electron chi connectivity index (χ3n) is 1.88. The van der Waals surface area contributed by atoms with E-state index in [1.165, 1.54) is 18.3 Å². The van der Waals surface area contributed by atoms with E-state index in [9.17, 15) is 10.1 Å². The second-order valence-electron chi connectivity index (χ2n) is 3.19. The molecule has 0 atom stereocenters. The average molecular weight is 232 g/mol. The molecule has 0 aliphatic carbocycles. The van der Waals surface area contributed by atoms with E-state index in [1.807, 2.05) is 6.92 Å². The van der Waals surface area contributed by atoms with Gasteiger partial charge in [-0.05, 0) is 19.1 Å². The molecule has 7 nitrogen and oxygen atoms in total. The van der Waals surface area contributed by atoms with Crippen LogP contribution in [0.5, 0.6) is 0 Å². The zero-order valence-electron chi connectivity index (χ0n) is 8.90. The van der Waals surface area contributed by atoms with Gasteiger partial charge in [-0.25, -0.2) is 15.0 Å². The number of furan rings is 1. The first-order valence-electron chi connectivity index (χ1n) is 4.73. The number of nitrogens with zero attached hydrogens (tertiary/aromatic N) is 4. The summed E-state index contributed by atoms with van der Waals surface area (Å²) < 4.78 is 4.89. The fraction of sp³-hybridized carbons (Fsp3) is 0.100. The van der Waals surface area contributed by atoms with Gasteiger partial charge >= 0.3 is 5.88 Å². The van der Waals surface area contributed by atoms with Crippen molar-refractivity contribution < 1.29 is 9.34 Å². The van der Waals surface area contributed by atoms with Crippen molar-refractivity contribution in [3.05, 3.63) is 46.0 Å². The molecule has 17 heavy (non-hydrogen) atoms. The highest BCUT2D eigenvalue weighted by Gasteiger charge is 2.10. The maximum atomic E-state index is 10.4. The summed E-state index contributed by atoms with van der Waals surface area (Å²) in [5.74, 6) is 0.238. The standard InChI is InChI=1S/C10H8N4O3/c1-7-4-5-11-10(13-7)12-6-8-2-3-9(17-8)14(15)16/h2-6H,1H3/b12-6-. The van der Waals surface area contributed by atoms with Crippen molar-refractivity contribution in [2.24, 2.45) is 4.99 Å². The quantitative estimate of drug-likeness (QED) is 0.458. The summed E-state index contributed by atoms with van der Waals surface area (Å²) in [6.45, 7) is 1.82. The van der Waals surface area contributed by atoms with E-state index in [1.54, 1.807) is 12.3 Å². The van der Waals surface area contributed by atoms with Crippen LogP contribution in [0.1, 0.15) is 11.5 Å². The Balaban J connectivity index is 2.17. The Kier molecular flexibility index (Phi) is 2.91. The second-order valence-corrected chi connectivity index (χ2v) is 3.19. The van der Waals surface area contributed by atoms with Crippen LogP contribution in [-0.2, 0) is 0 Å². The molecule has 2 aromatic heterocycles. The lowest BCUT2D eigenvalue weighted by Crippen LogP contribution is -1.85. The molecular formula is C10H8N4O3. The molecule has 0 fully saturated rings. The molecule has 2 heterocycles. The third kappa shape index (κ3) is 2.71. The Bertz CT molecular complexity index is 576. The number of hydrogen-bond donors (Lipinski definition) is 0. The van der Waals surface area contributed by atoms with Gasteiger partial charge in [-0.1, -0.05) is 0 Å². The van der Waals surface area contributed by atoms with Crippen LogP contribution < -0.4 is 0 Å². The van der Waals surface area contributed by atoms with Crippen LogP contribution in [0.25, 0.3) is 0 Å². The molecule has 2 aromatic rings. The summed E-state index contributed by atoms with van der Waals surface area (Å²) in [6.07, 6.45) is 2.92. The molecule has 0 amide bonds. The molecule has 0 bridgehead atoms. The van der Waals surface area contributed by atoms with Crippen LogP contribution in [0.3, 0.4) is 0 Å². The van der Waals surface area contributed by atoms with Crippen molar-refractivity contribution >= 4 is 18.0 Å². The average Bonchev–Trinajstić information content (AvgIpc) is 2.75. The highest BCUT2D eigenvalue weighted by Crippen LogP contribution is 2.14. The van der Waals surface area contributed by atoms with Crippen molar-refractivity contribution in [1.82, 2.24) is 9.97 Å². The van der Waals surface area contributed by atoms with Gasteiger partial charge in [0.1, 0.15) is 4.92 Å². The van der Waals surface area contributed by atoms with Crippen molar-refractivity contribution in [3.63, 3.8) is 0 Å². The smallest absolute Gasteiger partial charge is 0.400 e. The molecule has 0 aliphatic heterocycles. The van der Waals surface area contributed by atoms with E-state index >= 15 is 0 Å². The fourth-order valence-corrected chi connectivity index (χ4v) is 1.13. The zero-order chi connectivity index (χ0) is 12.3. The minimum Gasteiger partial charge on any atom is -0.400 e. The zero-order valence-corrected chi connectivity index (χ0v) is 8.90. The SMILES string of the molecule is Cc1ccnc(/N=C\c2ccc([N+](=O)[O-])o2)n1. The third-order valence-corrected chi connectivity index (χ3v) is 1.88. The molecule has 2 rings (SSSR count). The van der Waals surface area contributed by atoms with Gasteiger partial charge in [-0.15, -0.1) is 0 Å². The Morgan fingerprint density at radius 3 is 2.94 bits per heavy atom. The number of aromatic nitrogens is 2. The molecule has 0 saturated carbocycles. The van der Waals surface area contributed by atoms with Gasteiger partial charge < -0.3 is 4.42 Å². The van der Waals surface area contributed by atoms with Crippen LogP contribution in [-0.4, -0.2) is 21.1 Å². The minimum absolute atomic E-state index is 0.279. The molecule has 0 N–H and O–H groups in total. The lowest BCUT2D eigenvalue weighted by atomic mass is 10.4. The second kappa shape index (κ2) is 4.52. The van der Waals surface area contributed by atoms with Gasteiger partial charge in [-0.3, -0.25) is 10.1 Å². The largest absolute Gasteiger partial charge is 0.433 e. The summed E-state index contributed by atoms with van der Waals surface area (Å²) >= 11 is 0. The van der Waals surface area contributed by atoms with E-state index in [0.717, 1.165) is 5.69 Å². The molecule has 7 heteroatoms. The first kappa shape index (κ1) is 10.9. The van der Waals surface area contributed by atoms with Gasteiger partial charge in [0.05, 0.1) is 12.3 Å². The van der Waals surface area contributed by atoms with Crippen LogP contribution >= 0.6 is 0 Å². The summed E-state index contributed by atoms with van der Waals surface area (Å²) in [5, 5.41) is 10.4. The molecule has 0 aromatic carbocycles. The van der Waals surface area contributed by atoms with E-state index in [4.69, 9.17) is 4.42 Å². The normalized spacial score (nSPS) is 10.9. The van der Waals surface area contributed by atoms with E-state index in [0.29, 0.717) is 0 Å². The minimum atomic E-state index is -0.611. The molecule has 0 aliphatic rings. The van der Waals surface area contributed by atoms with Gasteiger partial charge in [0, 0.05) is 11.9 Å². The van der Waals surface area contributed by atoms with Crippen LogP contribution in [0.15, 0.2) is 33.8 Å². The predicted molar refractivity (Wildman–Crippen MR) is 59.4 cm³/mol. The summed E-state index contributed by atoms with van der Waals surface area (Å²) in [4.78, 5) is 21.7. The molecule has 0 spiro atoms. The van der Waals surface area contributed by atoms with E-state index in [2.05, 4.69) is 15.0 Å². The Labute approximate surface area is 96.0 Å². The number of aryl methyl sites for hydroxylation is 1. The molecule has 0 unspecified atom stereocenters. The highest BCUT2D eigenvalue weighted by atomic mass is 16.6. The maximum absolute atomic E-state index is 10.4. The van der Waals surface area contributed by atoms with E-state index < -0.39 is 4.92 Å². The van der Waals surface area contributed by atoms with Gasteiger partial charge in [-0.2, -0.15) is 0 Å². The Hall–Kier alpha value is -2.57. The lowest BCUT2D eigenvalue weighted by molar-refractivity contribution is -0.402. The Morgan fingerprint density at radius 2 is 2.29 bits per heavy atom. The Morgan fingerprint density at radius 1 is 1.47 bits per heavy atom. The van der Waals surface area contributed by atoms with Gasteiger partial charge in [0.25, 0.3) is 0 Å². The highest BCUT2D eigenvalue weighted by molar-refractivity contribution is 5.78. The van der Waals surface area contributed by atoms with Crippen molar-refractivity contribution in [2.75, 3.05) is 0 Å². The van der Waals surface area contributed by atoms with Crippen molar-refractivity contribution in [2.45, 2.75) is 6.92 Å². The van der Waals surface area contributed by atoms with Crippen molar-refractivity contribution in [3.8, 4) is 0 Å². The maximum Gasteiger partial charge on any atom is 0.433 e. The van der Waals surface area contributed by atoms with Crippen LogP contribution in [0.2, 0.25) is 0 Å². The predicted octanol–water partition coefficient (Wildman–Crippen LogP) is 2.04. The number of rotatable bonds is 3. The molecule has 86 valence electrons. The number of hydrogen-bond acceptors (Lipinski definition) is 6. The first-order valence-corrected chi connectivity index (χ1v) is 4.73. The first-order chi connectivity index (χ1) is 8.15. The number of nitro groups is 1. The van der Waals surface area contributed by atoms with E-state index in [-0.39, 0.29) is 17.6 Å². The fourth-order valence-electron chi connectivity index (χ4n) is 1.13. The lowest BCUT2D eigenvalue weighted by Gasteiger charge is -1.91. The monoisotopic (exact) mass is 232 g/mol. The van der Waals surface area contributed by atoms with Gasteiger partial charge in [0.2, 0.25) is 5.95 Å². The topological polar surface area (TPSA) is 94.4 Å². The molecular weight excluding hydrogens is 224 g/mol.